The molecule has 8 aromatic rings. The van der Waals surface area contributed by atoms with Gasteiger partial charge in [-0.25, -0.2) is 9.36 Å². The Kier molecular flexibility index (Phi) is 24.7. The zero-order valence-electron chi connectivity index (χ0n) is 57.1. The van der Waals surface area contributed by atoms with Crippen LogP contribution < -0.4 is 10.6 Å². The van der Waals surface area contributed by atoms with Gasteiger partial charge in [-0.15, -0.1) is 0 Å². The zero-order valence-corrected chi connectivity index (χ0v) is 57.1. The van der Waals surface area contributed by atoms with Gasteiger partial charge in [-0.05, 0) is 146 Å². The molecule has 0 aliphatic carbocycles. The second kappa shape index (κ2) is 33.4. The lowest BCUT2D eigenvalue weighted by Gasteiger charge is -2.36. The number of benzene rings is 6. The van der Waals surface area contributed by atoms with Gasteiger partial charge in [0, 0.05) is 75.1 Å². The Labute approximate surface area is 564 Å². The molecule has 10 rings (SSSR count). The molecule has 6 aromatic carbocycles. The molecule has 4 heterocycles. The second-order valence-electron chi connectivity index (χ2n) is 25.5. The molecule has 0 saturated heterocycles. The molecule has 0 saturated carbocycles. The predicted molar refractivity (Wildman–Crippen MR) is 376 cm³/mol. The summed E-state index contributed by atoms with van der Waals surface area (Å²) in [4.78, 5) is 89.8. The van der Waals surface area contributed by atoms with Gasteiger partial charge < -0.3 is 45.2 Å². The van der Waals surface area contributed by atoms with Crippen molar-refractivity contribution in [2.45, 2.75) is 151 Å². The van der Waals surface area contributed by atoms with Crippen LogP contribution in [0.15, 0.2) is 140 Å². The minimum absolute atomic E-state index is 0.120. The van der Waals surface area contributed by atoms with Gasteiger partial charge >= 0.3 is 0 Å². The first-order chi connectivity index (χ1) is 46.4. The molecule has 3 atom stereocenters. The van der Waals surface area contributed by atoms with Crippen molar-refractivity contribution >= 4 is 57.6 Å². The summed E-state index contributed by atoms with van der Waals surface area (Å²) in [6, 6.07) is 42.6. The van der Waals surface area contributed by atoms with Gasteiger partial charge in [0.1, 0.15) is 0 Å². The normalized spacial score (nSPS) is 14.5. The van der Waals surface area contributed by atoms with E-state index in [4.69, 9.17) is 14.9 Å². The van der Waals surface area contributed by atoms with Crippen LogP contribution in [0.1, 0.15) is 180 Å². The van der Waals surface area contributed by atoms with Gasteiger partial charge in [-0.1, -0.05) is 152 Å². The number of aliphatic hydroxyl groups excluding tert-OH is 2. The molecule has 4 N–H and O–H groups in total. The minimum Gasteiger partial charge on any atom is -0.394 e. The SMILES string of the molecule is CCCCN(CCCC)C(=O)c1cc(C)n(-c2ccc(NC(=O)C(C)C)cc2C(=O)N2Cc3ccccc3C[C@H]2CO)n1.CCCCN(CCCC)C(=O)c1cc(C)n(-c2ccc(NC(=O)[C@H](OC)c3ccc4ccccc4c3)cc2C(=O)N2Cc3ccccc3C[C@H]2CO)n1. The lowest BCUT2D eigenvalue weighted by atomic mass is 9.93. The summed E-state index contributed by atoms with van der Waals surface area (Å²) in [5.74, 6) is -1.65. The van der Waals surface area contributed by atoms with Crippen LogP contribution in [0.5, 0.6) is 0 Å². The summed E-state index contributed by atoms with van der Waals surface area (Å²) in [5, 5.41) is 38.2. The van der Waals surface area contributed by atoms with Crippen LogP contribution in [0.25, 0.3) is 22.1 Å². The van der Waals surface area contributed by atoms with Crippen molar-refractivity contribution in [2.24, 2.45) is 5.92 Å². The van der Waals surface area contributed by atoms with Crippen LogP contribution in [0, 0.1) is 19.8 Å². The molecule has 96 heavy (non-hydrogen) atoms. The number of carbonyl (C=O) groups excluding carboxylic acids is 6. The topological polar surface area (TPSA) is 225 Å². The monoisotopic (exact) mass is 1300 g/mol. The molecule has 0 fully saturated rings. The number of nitrogens with zero attached hydrogens (tertiary/aromatic N) is 8. The number of aliphatic hydroxyl groups is 2. The highest BCUT2D eigenvalue weighted by molar-refractivity contribution is 6.03. The third-order valence-corrected chi connectivity index (χ3v) is 18.1. The van der Waals surface area contributed by atoms with Gasteiger partial charge in [-0.2, -0.15) is 10.2 Å². The van der Waals surface area contributed by atoms with Crippen molar-refractivity contribution in [1.82, 2.24) is 39.2 Å². The lowest BCUT2D eigenvalue weighted by Crippen LogP contribution is -2.46. The van der Waals surface area contributed by atoms with Gasteiger partial charge in [0.05, 0.1) is 47.8 Å². The average molecular weight is 1300 g/mol. The molecule has 2 aliphatic heterocycles. The summed E-state index contributed by atoms with van der Waals surface area (Å²) >= 11 is 0. The molecule has 0 unspecified atom stereocenters. The first kappa shape index (κ1) is 71.0. The first-order valence-electron chi connectivity index (χ1n) is 34.0. The highest BCUT2D eigenvalue weighted by Gasteiger charge is 2.35. The fourth-order valence-corrected chi connectivity index (χ4v) is 12.5. The summed E-state index contributed by atoms with van der Waals surface area (Å²) in [6.07, 6.45) is 7.72. The number of rotatable bonds is 26. The third kappa shape index (κ3) is 16.7. The number of carbonyl (C=O) groups is 6. The van der Waals surface area contributed by atoms with E-state index in [1.54, 1.807) is 67.7 Å². The number of amides is 6. The number of aromatic nitrogens is 4. The molecule has 0 spiro atoms. The van der Waals surface area contributed by atoms with E-state index in [-0.39, 0.29) is 54.2 Å². The Morgan fingerprint density at radius 1 is 0.521 bits per heavy atom. The number of nitrogens with one attached hydrogen (secondary N) is 2. The zero-order chi connectivity index (χ0) is 68.6. The molecule has 506 valence electrons. The van der Waals surface area contributed by atoms with Crippen LogP contribution in [0.2, 0.25) is 0 Å². The Balaban J connectivity index is 0.000000231. The van der Waals surface area contributed by atoms with E-state index in [0.717, 1.165) is 84.4 Å². The maximum absolute atomic E-state index is 14.7. The maximum atomic E-state index is 14.7. The van der Waals surface area contributed by atoms with E-state index in [2.05, 4.69) is 38.3 Å². The summed E-state index contributed by atoms with van der Waals surface area (Å²) in [6.45, 7) is 18.7. The predicted octanol–water partition coefficient (Wildman–Crippen LogP) is 12.6. The number of hydrogen-bond donors (Lipinski definition) is 4. The van der Waals surface area contributed by atoms with Gasteiger partial charge in [0.25, 0.3) is 29.5 Å². The Bertz CT molecular complexity index is 4030. The molecule has 19 nitrogen and oxygen atoms in total. The smallest absolute Gasteiger partial charge is 0.274 e. The van der Waals surface area contributed by atoms with E-state index in [1.165, 1.54) is 7.11 Å². The van der Waals surface area contributed by atoms with E-state index >= 15 is 0 Å². The van der Waals surface area contributed by atoms with Crippen LogP contribution in [-0.4, -0.2) is 143 Å². The third-order valence-electron chi connectivity index (χ3n) is 18.1. The van der Waals surface area contributed by atoms with Crippen molar-refractivity contribution in [3.05, 3.63) is 201 Å². The summed E-state index contributed by atoms with van der Waals surface area (Å²) in [7, 11) is 1.49. The lowest BCUT2D eigenvalue weighted by molar-refractivity contribution is -0.126. The van der Waals surface area contributed by atoms with Crippen LogP contribution in [-0.2, 0) is 40.3 Å². The van der Waals surface area contributed by atoms with Crippen molar-refractivity contribution in [3.63, 3.8) is 0 Å². The Morgan fingerprint density at radius 3 is 1.33 bits per heavy atom. The van der Waals surface area contributed by atoms with E-state index < -0.39 is 24.1 Å². The quantitative estimate of drug-likeness (QED) is 0.0399. The van der Waals surface area contributed by atoms with Crippen molar-refractivity contribution in [1.29, 1.82) is 0 Å². The average Bonchev–Trinajstić information content (AvgIpc) is 1.30. The molecule has 6 amide bonds. The Morgan fingerprint density at radius 2 is 0.927 bits per heavy atom. The molecular formula is C77H94N10O9. The number of aryl methyl sites for hydroxylation is 2. The van der Waals surface area contributed by atoms with Crippen molar-refractivity contribution < 1.29 is 43.7 Å². The van der Waals surface area contributed by atoms with Crippen molar-refractivity contribution in [3.8, 4) is 11.4 Å². The first-order valence-corrected chi connectivity index (χ1v) is 34.0. The largest absolute Gasteiger partial charge is 0.394 e. The molecule has 2 aromatic heterocycles. The fraction of sp³-hybridized carbons (Fsp3) is 0.403. The number of anilines is 2. The molecule has 0 bridgehead atoms. The van der Waals surface area contributed by atoms with E-state index in [0.29, 0.717) is 109 Å². The van der Waals surface area contributed by atoms with Crippen molar-refractivity contribution in [2.75, 3.05) is 57.1 Å². The number of ether oxygens (including phenoxy) is 1. The van der Waals surface area contributed by atoms with Crippen LogP contribution in [0.4, 0.5) is 11.4 Å². The number of fused-ring (bicyclic) bond motifs is 3. The fourth-order valence-electron chi connectivity index (χ4n) is 12.5. The number of methoxy groups -OCH3 is 1. The minimum atomic E-state index is -0.902. The van der Waals surface area contributed by atoms with E-state index in [9.17, 15) is 39.0 Å². The Hall–Kier alpha value is -9.30. The summed E-state index contributed by atoms with van der Waals surface area (Å²) < 4.78 is 8.96. The second-order valence-corrected chi connectivity index (χ2v) is 25.5. The molecular weight excluding hydrogens is 1210 g/mol. The highest BCUT2D eigenvalue weighted by atomic mass is 16.5. The number of unbranched alkanes of at least 4 members (excludes halogenated alkanes) is 4. The van der Waals surface area contributed by atoms with Gasteiger partial charge in [0.2, 0.25) is 5.91 Å². The highest BCUT2D eigenvalue weighted by Crippen LogP contribution is 2.33. The number of hydrogen-bond acceptors (Lipinski definition) is 11. The summed E-state index contributed by atoms with van der Waals surface area (Å²) in [5.41, 5.74) is 9.47. The molecule has 19 heteroatoms. The standard InChI is InChI=1S/C43H49N5O5.C34H45N5O4/c1-5-7-21-46(22-8-6-2)43(52)38-23-29(3)48(45-38)39-20-19-35(44-41(50)40(53-4)33-18-17-30-13-9-10-14-31(30)24-33)26-37(39)42(51)47-27-34-16-12-11-15-32(34)25-36(47)28-49;1-6-8-16-37(17-9-7-2)34(43)30-18-24(5)39(36-30)31-15-14-27(35-32(41)23(3)4)20-29(31)33(42)38-21-26-13-11-10-12-25(26)19-28(38)22-40/h9-20,23-24,26,36,40,49H,5-8,21-22,25,27-28H2,1-4H3,(H,44,50);10-15,18,20,23,28,40H,6-9,16-17,19,21-22H2,1-5H3,(H,35,41)/t36-,40+;28-/m00/s1. The van der Waals surface area contributed by atoms with Gasteiger partial charge in [-0.3, -0.25) is 28.8 Å². The van der Waals surface area contributed by atoms with Gasteiger partial charge in [0.15, 0.2) is 17.5 Å². The molecule has 0 radical (unpaired) electrons. The van der Waals surface area contributed by atoms with Crippen LogP contribution >= 0.6 is 0 Å². The van der Waals surface area contributed by atoms with E-state index in [1.807, 2.05) is 128 Å². The van der Waals surface area contributed by atoms with Crippen LogP contribution in [0.3, 0.4) is 0 Å². The molecule has 2 aliphatic rings. The maximum Gasteiger partial charge on any atom is 0.274 e.